The fourth-order valence-corrected chi connectivity index (χ4v) is 3.48. The molecule has 0 bridgehead atoms. The van der Waals surface area contributed by atoms with Gasteiger partial charge in [0.1, 0.15) is 17.4 Å². The smallest absolute Gasteiger partial charge is 0.255 e. The standard InChI is InChI=1S/C25H21ClN4O2/c1-16-27-22(17-7-4-3-5-8-17)15-24(28-16)29-19-10-6-9-18(13-19)25(31)30-20-11-12-23(32-2)21(26)14-20/h3-15H,1-2H3,(H,30,31)(H,27,28,29). The molecule has 0 aliphatic rings. The second-order valence-electron chi connectivity index (χ2n) is 7.06. The number of hydrogen-bond acceptors (Lipinski definition) is 5. The Kier molecular flexibility index (Phi) is 6.33. The quantitative estimate of drug-likeness (QED) is 0.375. The number of anilines is 3. The lowest BCUT2D eigenvalue weighted by atomic mass is 10.1. The van der Waals surface area contributed by atoms with E-state index < -0.39 is 0 Å². The van der Waals surface area contributed by atoms with Gasteiger partial charge in [0.25, 0.3) is 5.91 Å². The number of methoxy groups -OCH3 is 1. The molecule has 32 heavy (non-hydrogen) atoms. The maximum Gasteiger partial charge on any atom is 0.255 e. The number of rotatable bonds is 6. The molecule has 1 aromatic heterocycles. The minimum absolute atomic E-state index is 0.251. The van der Waals surface area contributed by atoms with Gasteiger partial charge in [0.15, 0.2) is 0 Å². The number of hydrogen-bond donors (Lipinski definition) is 2. The Labute approximate surface area is 191 Å². The summed E-state index contributed by atoms with van der Waals surface area (Å²) in [7, 11) is 1.54. The van der Waals surface area contributed by atoms with Crippen molar-refractivity contribution in [2.24, 2.45) is 0 Å². The lowest BCUT2D eigenvalue weighted by Crippen LogP contribution is -2.12. The molecular formula is C25H21ClN4O2. The summed E-state index contributed by atoms with van der Waals surface area (Å²) in [6.45, 7) is 1.85. The first kappa shape index (κ1) is 21.3. The highest BCUT2D eigenvalue weighted by atomic mass is 35.5. The molecule has 160 valence electrons. The highest BCUT2D eigenvalue weighted by Gasteiger charge is 2.10. The monoisotopic (exact) mass is 444 g/mol. The van der Waals surface area contributed by atoms with E-state index in [9.17, 15) is 4.79 Å². The molecule has 1 amide bonds. The average molecular weight is 445 g/mol. The molecule has 0 saturated carbocycles. The molecule has 6 nitrogen and oxygen atoms in total. The molecule has 4 aromatic rings. The van der Waals surface area contributed by atoms with Gasteiger partial charge in [0, 0.05) is 28.6 Å². The summed E-state index contributed by atoms with van der Waals surface area (Å²) in [6, 6.07) is 24.1. The number of nitrogens with one attached hydrogen (secondary N) is 2. The number of carbonyl (C=O) groups excluding carboxylic acids is 1. The Morgan fingerprint density at radius 1 is 0.906 bits per heavy atom. The molecule has 0 radical (unpaired) electrons. The van der Waals surface area contributed by atoms with Crippen LogP contribution < -0.4 is 15.4 Å². The van der Waals surface area contributed by atoms with E-state index in [1.807, 2.05) is 55.5 Å². The van der Waals surface area contributed by atoms with Gasteiger partial charge < -0.3 is 15.4 Å². The molecule has 4 rings (SSSR count). The third-order valence-corrected chi connectivity index (χ3v) is 5.01. The molecule has 0 aliphatic heterocycles. The van der Waals surface area contributed by atoms with E-state index in [4.69, 9.17) is 16.3 Å². The van der Waals surface area contributed by atoms with Crippen LogP contribution in [0.15, 0.2) is 78.9 Å². The highest BCUT2D eigenvalue weighted by Crippen LogP contribution is 2.28. The van der Waals surface area contributed by atoms with Crippen LogP contribution in [0.2, 0.25) is 5.02 Å². The Balaban J connectivity index is 1.53. The second kappa shape index (κ2) is 9.49. The van der Waals surface area contributed by atoms with Gasteiger partial charge in [-0.1, -0.05) is 48.0 Å². The van der Waals surface area contributed by atoms with Gasteiger partial charge in [-0.25, -0.2) is 9.97 Å². The second-order valence-corrected chi connectivity index (χ2v) is 7.47. The maximum atomic E-state index is 12.7. The highest BCUT2D eigenvalue weighted by molar-refractivity contribution is 6.32. The normalized spacial score (nSPS) is 10.5. The van der Waals surface area contributed by atoms with E-state index in [0.717, 1.165) is 16.9 Å². The largest absolute Gasteiger partial charge is 0.495 e. The van der Waals surface area contributed by atoms with Crippen LogP contribution in [0.4, 0.5) is 17.2 Å². The first-order valence-corrected chi connectivity index (χ1v) is 10.3. The van der Waals surface area contributed by atoms with E-state index in [1.165, 1.54) is 0 Å². The van der Waals surface area contributed by atoms with Crippen molar-refractivity contribution < 1.29 is 9.53 Å². The number of amides is 1. The summed E-state index contributed by atoms with van der Waals surface area (Å²) in [5, 5.41) is 6.54. The summed E-state index contributed by atoms with van der Waals surface area (Å²) in [4.78, 5) is 21.7. The number of aryl methyl sites for hydroxylation is 1. The lowest BCUT2D eigenvalue weighted by molar-refractivity contribution is 0.102. The molecule has 0 atom stereocenters. The first-order valence-electron chi connectivity index (χ1n) is 9.95. The fraction of sp³-hybridized carbons (Fsp3) is 0.0800. The number of halogens is 1. The van der Waals surface area contributed by atoms with Crippen LogP contribution in [0.5, 0.6) is 5.75 Å². The van der Waals surface area contributed by atoms with Gasteiger partial charge in [-0.15, -0.1) is 0 Å². The summed E-state index contributed by atoms with van der Waals surface area (Å²) in [5.74, 6) is 1.60. The molecule has 2 N–H and O–H groups in total. The Bertz CT molecular complexity index is 1260. The van der Waals surface area contributed by atoms with Gasteiger partial charge in [-0.3, -0.25) is 4.79 Å². The third-order valence-electron chi connectivity index (χ3n) is 4.71. The van der Waals surface area contributed by atoms with Gasteiger partial charge in [-0.2, -0.15) is 0 Å². The molecule has 0 unspecified atom stereocenters. The number of aromatic nitrogens is 2. The van der Waals surface area contributed by atoms with Gasteiger partial charge in [-0.05, 0) is 43.3 Å². The number of ether oxygens (including phenoxy) is 1. The van der Waals surface area contributed by atoms with Crippen molar-refractivity contribution >= 4 is 34.7 Å². The number of benzene rings is 3. The molecule has 0 saturated heterocycles. The van der Waals surface area contributed by atoms with Crippen LogP contribution in [0.1, 0.15) is 16.2 Å². The summed E-state index contributed by atoms with van der Waals surface area (Å²) >= 11 is 6.15. The summed E-state index contributed by atoms with van der Waals surface area (Å²) in [6.07, 6.45) is 0. The van der Waals surface area contributed by atoms with Crippen molar-refractivity contribution in [2.45, 2.75) is 6.92 Å². The Morgan fingerprint density at radius 3 is 2.47 bits per heavy atom. The van der Waals surface area contributed by atoms with Crippen molar-refractivity contribution in [2.75, 3.05) is 17.7 Å². The summed E-state index contributed by atoms with van der Waals surface area (Å²) in [5.41, 5.74) is 3.65. The molecule has 3 aromatic carbocycles. The minimum Gasteiger partial charge on any atom is -0.495 e. The lowest BCUT2D eigenvalue weighted by Gasteiger charge is -2.11. The molecule has 7 heteroatoms. The van der Waals surface area contributed by atoms with Crippen LogP contribution in [-0.2, 0) is 0 Å². The van der Waals surface area contributed by atoms with Crippen molar-refractivity contribution in [3.05, 3.63) is 95.3 Å². The average Bonchev–Trinajstić information content (AvgIpc) is 2.79. The Hall–Kier alpha value is -3.90. The van der Waals surface area contributed by atoms with Crippen LogP contribution in [0.3, 0.4) is 0 Å². The predicted octanol–water partition coefficient (Wildman–Crippen LogP) is 6.11. The van der Waals surface area contributed by atoms with E-state index in [1.54, 1.807) is 37.4 Å². The van der Waals surface area contributed by atoms with Crippen LogP contribution in [0, 0.1) is 6.92 Å². The summed E-state index contributed by atoms with van der Waals surface area (Å²) < 4.78 is 5.14. The zero-order valence-electron chi connectivity index (χ0n) is 17.6. The molecule has 0 spiro atoms. The molecule has 0 fully saturated rings. The number of carbonyl (C=O) groups is 1. The van der Waals surface area contributed by atoms with Crippen molar-refractivity contribution in [1.29, 1.82) is 0 Å². The zero-order valence-corrected chi connectivity index (χ0v) is 18.4. The first-order chi connectivity index (χ1) is 15.5. The van der Waals surface area contributed by atoms with Crippen LogP contribution >= 0.6 is 11.6 Å². The van der Waals surface area contributed by atoms with E-state index in [2.05, 4.69) is 20.6 Å². The van der Waals surface area contributed by atoms with E-state index in [-0.39, 0.29) is 5.91 Å². The van der Waals surface area contributed by atoms with Gasteiger partial charge in [0.2, 0.25) is 0 Å². The van der Waals surface area contributed by atoms with Gasteiger partial charge in [0.05, 0.1) is 17.8 Å². The van der Waals surface area contributed by atoms with Gasteiger partial charge >= 0.3 is 0 Å². The third kappa shape index (κ3) is 5.04. The molecule has 0 aliphatic carbocycles. The zero-order chi connectivity index (χ0) is 22.5. The van der Waals surface area contributed by atoms with Crippen molar-refractivity contribution in [3.63, 3.8) is 0 Å². The van der Waals surface area contributed by atoms with Crippen LogP contribution in [0.25, 0.3) is 11.3 Å². The van der Waals surface area contributed by atoms with E-state index in [0.29, 0.717) is 33.7 Å². The van der Waals surface area contributed by atoms with Crippen molar-refractivity contribution in [1.82, 2.24) is 9.97 Å². The van der Waals surface area contributed by atoms with E-state index >= 15 is 0 Å². The minimum atomic E-state index is -0.251. The van der Waals surface area contributed by atoms with Crippen LogP contribution in [-0.4, -0.2) is 23.0 Å². The Morgan fingerprint density at radius 2 is 1.72 bits per heavy atom. The predicted molar refractivity (Wildman–Crippen MR) is 128 cm³/mol. The maximum absolute atomic E-state index is 12.7. The number of nitrogens with zero attached hydrogens (tertiary/aromatic N) is 2. The van der Waals surface area contributed by atoms with Crippen molar-refractivity contribution in [3.8, 4) is 17.0 Å². The molecular weight excluding hydrogens is 424 g/mol. The topological polar surface area (TPSA) is 76.1 Å². The fourth-order valence-electron chi connectivity index (χ4n) is 3.22. The SMILES string of the molecule is COc1ccc(NC(=O)c2cccc(Nc3cc(-c4ccccc4)nc(C)n3)c2)cc1Cl. The molecule has 1 heterocycles.